The molecule has 12 aromatic rings. The summed E-state index contributed by atoms with van der Waals surface area (Å²) in [5.41, 5.74) is 15.4. The van der Waals surface area contributed by atoms with Crippen LogP contribution in [0.2, 0.25) is 0 Å². The molecule has 0 saturated carbocycles. The van der Waals surface area contributed by atoms with Crippen LogP contribution >= 0.6 is 34.8 Å². The lowest BCUT2D eigenvalue weighted by atomic mass is 10.1. The lowest BCUT2D eigenvalue weighted by Crippen LogP contribution is -2.37. The molecule has 0 bridgehead atoms. The highest BCUT2D eigenvalue weighted by Crippen LogP contribution is 2.41. The first-order valence-electron chi connectivity index (χ1n) is 43.5. The molecule has 1 aliphatic rings. The number of nitrogens with one attached hydrogen (secondary N) is 4. The van der Waals surface area contributed by atoms with Gasteiger partial charge in [0.2, 0.25) is 0 Å². The van der Waals surface area contributed by atoms with Crippen molar-refractivity contribution in [2.75, 3.05) is 131 Å². The minimum Gasteiger partial charge on any atom is -0.493 e. The molecule has 0 radical (unpaired) electrons. The summed E-state index contributed by atoms with van der Waals surface area (Å²) in [6.07, 6.45) is 3.65. The van der Waals surface area contributed by atoms with Gasteiger partial charge in [0.15, 0.2) is 0 Å². The molecule has 0 unspecified atom stereocenters. The number of nitrogens with zero attached hydrogens (tertiary/aromatic N) is 9. The predicted octanol–water partition coefficient (Wildman–Crippen LogP) is 23.3. The van der Waals surface area contributed by atoms with Crippen LogP contribution in [0.1, 0.15) is 116 Å². The van der Waals surface area contributed by atoms with E-state index in [-0.39, 0.29) is 6.61 Å². The molecule has 0 aliphatic carbocycles. The number of ether oxygens (including phenoxy) is 9. The van der Waals surface area contributed by atoms with Gasteiger partial charge in [0.1, 0.15) is 60.6 Å². The van der Waals surface area contributed by atoms with Crippen LogP contribution in [0.25, 0.3) is 88.6 Å². The van der Waals surface area contributed by atoms with E-state index in [9.17, 15) is 44.6 Å². The molecule has 1 aliphatic heterocycles. The number of nitriles is 4. The number of halogens is 4. The van der Waals surface area contributed by atoms with Crippen molar-refractivity contribution in [2.24, 2.45) is 0 Å². The highest BCUT2D eigenvalue weighted by atomic mass is 35.5. The second kappa shape index (κ2) is 51.0. The van der Waals surface area contributed by atoms with E-state index >= 15 is 0 Å². The van der Waals surface area contributed by atoms with Gasteiger partial charge < -0.3 is 60.9 Å². The van der Waals surface area contributed by atoms with E-state index in [1.54, 1.807) is 31.2 Å². The van der Waals surface area contributed by atoms with Gasteiger partial charge in [-0.1, -0.05) is 68.8 Å². The van der Waals surface area contributed by atoms with E-state index < -0.39 is 31.0 Å². The fraction of sp³-hybridized carbons (Fsp3) is 0.354. The summed E-state index contributed by atoms with van der Waals surface area (Å²) in [6, 6.07) is 62.0. The number of benzene rings is 8. The number of rotatable bonds is 37. The molecule has 26 nitrogen and oxygen atoms in total. The molecular weight excluding hydrogens is 1700 g/mol. The van der Waals surface area contributed by atoms with Crippen LogP contribution in [0.3, 0.4) is 0 Å². The summed E-state index contributed by atoms with van der Waals surface area (Å²) < 4.78 is 69.2. The van der Waals surface area contributed by atoms with Gasteiger partial charge in [-0.2, -0.15) is 21.0 Å². The summed E-state index contributed by atoms with van der Waals surface area (Å²) >= 11 is 17.2. The molecule has 1 fully saturated rings. The van der Waals surface area contributed by atoms with Crippen molar-refractivity contribution in [3.63, 3.8) is 0 Å². The monoisotopic (exact) mass is 1810 g/mol. The Morgan fingerprint density at radius 1 is 0.372 bits per heavy atom. The van der Waals surface area contributed by atoms with E-state index in [2.05, 4.69) is 80.4 Å². The highest BCUT2D eigenvalue weighted by molar-refractivity contribution is 6.18. The average Bonchev–Trinajstić information content (AvgIpc) is 1.62. The largest absolute Gasteiger partial charge is 0.493 e. The summed E-state index contributed by atoms with van der Waals surface area (Å²) in [5.74, 6) is 4.68. The third-order valence-electron chi connectivity index (χ3n) is 20.8. The Balaban J connectivity index is 0.000000179. The van der Waals surface area contributed by atoms with Gasteiger partial charge in [0.25, 0.3) is 0 Å². The molecule has 1 saturated heterocycles. The number of unbranched alkanes of at least 4 members (excludes halogenated alkanes) is 1. The van der Waals surface area contributed by atoms with E-state index in [1.165, 1.54) is 0 Å². The Kier molecular flexibility index (Phi) is 38.8. The van der Waals surface area contributed by atoms with Crippen LogP contribution in [0.15, 0.2) is 170 Å². The molecule has 8 aromatic carbocycles. The van der Waals surface area contributed by atoms with Crippen molar-refractivity contribution < 1.29 is 66.2 Å². The normalized spacial score (nSPS) is 11.6. The molecule has 129 heavy (non-hydrogen) atoms. The van der Waals surface area contributed by atoms with Crippen molar-refractivity contribution >= 4 is 126 Å². The van der Waals surface area contributed by atoms with Crippen LogP contribution in [0.4, 0.5) is 46.3 Å². The molecule has 4 N–H and O–H groups in total. The Morgan fingerprint density at radius 2 is 0.705 bits per heavy atom. The molecular formula is C99H109Cl3FN13O13. The van der Waals surface area contributed by atoms with Crippen LogP contribution in [0, 0.1) is 45.3 Å². The number of amides is 4. The van der Waals surface area contributed by atoms with Gasteiger partial charge in [0.05, 0.1) is 127 Å². The Hall–Kier alpha value is -13.1. The number of hydrogen-bond acceptors (Lipinski definition) is 18. The first kappa shape index (κ1) is 98.1. The third-order valence-corrected chi connectivity index (χ3v) is 21.6. The Morgan fingerprint density at radius 3 is 1.03 bits per heavy atom. The predicted molar refractivity (Wildman–Crippen MR) is 508 cm³/mol. The maximum absolute atomic E-state index is 12.1. The van der Waals surface area contributed by atoms with Crippen molar-refractivity contribution in [2.45, 2.75) is 120 Å². The number of anilines is 4. The van der Waals surface area contributed by atoms with Gasteiger partial charge in [-0.3, -0.25) is 26.2 Å². The summed E-state index contributed by atoms with van der Waals surface area (Å²) in [6.45, 7) is 23.5. The fourth-order valence-corrected chi connectivity index (χ4v) is 15.3. The summed E-state index contributed by atoms with van der Waals surface area (Å²) in [5, 5.41) is 54.0. The highest BCUT2D eigenvalue weighted by Gasteiger charge is 2.25. The maximum atomic E-state index is 12.1. The smallest absolute Gasteiger partial charge is 0.411 e. The van der Waals surface area contributed by atoms with Gasteiger partial charge >= 0.3 is 24.4 Å². The van der Waals surface area contributed by atoms with E-state index in [1.807, 2.05) is 180 Å². The molecule has 5 heterocycles. The molecule has 13 rings (SSSR count). The molecule has 30 heteroatoms. The van der Waals surface area contributed by atoms with Crippen molar-refractivity contribution in [3.8, 4) is 92.3 Å². The van der Waals surface area contributed by atoms with E-state index in [0.717, 1.165) is 189 Å². The second-order valence-electron chi connectivity index (χ2n) is 29.3. The molecule has 0 atom stereocenters. The lowest BCUT2D eigenvalue weighted by molar-refractivity contribution is 0.0358. The Bertz CT molecular complexity index is 5920. The second-order valence-corrected chi connectivity index (χ2v) is 30.5. The summed E-state index contributed by atoms with van der Waals surface area (Å²) in [7, 11) is 0. The van der Waals surface area contributed by atoms with Gasteiger partial charge in [-0.05, 0) is 187 Å². The summed E-state index contributed by atoms with van der Waals surface area (Å²) in [4.78, 5) is 49.5. The molecule has 4 aromatic heterocycles. The van der Waals surface area contributed by atoms with Gasteiger partial charge in [0, 0.05) is 138 Å². The maximum Gasteiger partial charge on any atom is 0.411 e. The topological polar surface area (TPSA) is 318 Å². The zero-order valence-corrected chi connectivity index (χ0v) is 76.1. The number of alkyl halides is 4. The lowest BCUT2D eigenvalue weighted by Gasteiger charge is -2.26. The number of morpholine rings is 1. The van der Waals surface area contributed by atoms with E-state index in [4.69, 9.17) is 72.7 Å². The molecule has 4 amide bonds. The standard InChI is InChI=1S/C28H34N4O4.C25H28ClN3O3.C23H23ClFN3O3.C23H24ClN3O3/c1-3-14-36-28(33)30-22-8-5-7-21(18-22)27-25(20-29)24-10-9-23(19-26(24)32(27)4-2)35-15-6-11-31-12-16-34-17-13-31;1-3-5-14-32-25(30)28-19-9-7-18(8-10-19)24-22(17-27)21-12-11-20(31-15-6-13-26)16-23(21)29(24)4-2;1-2-28-21-14-18(30-12-3-10-24)8-9-19(21)20(15-26)22(28)16-4-6-17(7-5-16)27-23(29)31-13-11-25;1-3-27-21-14-18(30-13-5-12-24)10-11-19(21)20(15-25)22(27)16-6-8-17(9-7-16)26-23(28)29-4-2/h5,7-10,18-19H,3-4,6,11-17H2,1-2H3,(H,30,33);7-12,16H,3-6,13-15H2,1-2H3,(H,28,30);4-9,14H,2-3,10-13H2,1H3,(H,27,29);6-11,14H,3-5,12-13H2,1-2H3,(H,26,28). The van der Waals surface area contributed by atoms with Gasteiger partial charge in [-0.25, -0.2) is 23.6 Å². The third kappa shape index (κ3) is 26.1. The van der Waals surface area contributed by atoms with Crippen LogP contribution < -0.4 is 40.2 Å². The molecule has 0 spiro atoms. The zero-order chi connectivity index (χ0) is 92.0. The van der Waals surface area contributed by atoms with Crippen molar-refractivity contribution in [1.82, 2.24) is 23.2 Å². The van der Waals surface area contributed by atoms with Crippen LogP contribution in [-0.2, 0) is 49.9 Å². The first-order valence-corrected chi connectivity index (χ1v) is 45.1. The molecule has 676 valence electrons. The van der Waals surface area contributed by atoms with Crippen molar-refractivity contribution in [3.05, 3.63) is 192 Å². The number of aromatic nitrogens is 4. The first-order chi connectivity index (χ1) is 63.0. The minimum atomic E-state index is -0.732. The average molecular weight is 1810 g/mol. The van der Waals surface area contributed by atoms with Crippen LogP contribution in [0.5, 0.6) is 23.0 Å². The quantitative estimate of drug-likeness (QED) is 0.0160. The minimum absolute atomic E-state index is 0.288. The zero-order valence-electron chi connectivity index (χ0n) is 73.8. The fourth-order valence-electron chi connectivity index (χ4n) is 14.9. The van der Waals surface area contributed by atoms with E-state index in [0.29, 0.717) is 135 Å². The number of fused-ring (bicyclic) bond motifs is 4. The number of carbonyl (C=O) groups is 4. The van der Waals surface area contributed by atoms with Gasteiger partial charge in [-0.15, -0.1) is 34.8 Å². The Labute approximate surface area is 766 Å². The SMILES string of the molecule is CCCCOC(=O)Nc1ccc(-c2c(C#N)c3ccc(OCCCCl)cc3n2CC)cc1.CCCOC(=O)Nc1cccc(-c2c(C#N)c3ccc(OCCCN4CCOCC4)cc3n2CC)c1.CCOC(=O)Nc1ccc(-c2c(C#N)c3ccc(OCCCCl)cc3n2CC)cc1.CCn1c(-c2ccc(NC(=O)OCCF)cc2)c(C#N)c2ccc(OCCCCl)cc21. The number of hydrogen-bond donors (Lipinski definition) is 4. The van der Waals surface area contributed by atoms with Crippen LogP contribution in [-0.4, -0.2) is 158 Å². The van der Waals surface area contributed by atoms with Crippen molar-refractivity contribution in [1.29, 1.82) is 21.0 Å². The number of carbonyl (C=O) groups excluding carboxylic acids is 4. The number of aryl methyl sites for hydroxylation is 4.